The molecule has 1 saturated heterocycles. The van der Waals surface area contributed by atoms with Crippen LogP contribution in [0.1, 0.15) is 25.3 Å². The second kappa shape index (κ2) is 8.03. The van der Waals surface area contributed by atoms with E-state index in [2.05, 4.69) is 0 Å². The number of amides is 1. The van der Waals surface area contributed by atoms with Crippen LogP contribution in [-0.4, -0.2) is 44.2 Å². The number of carbonyl (C=O) groups excluding carboxylic acids is 1. The van der Waals surface area contributed by atoms with Crippen molar-refractivity contribution < 1.29 is 14.3 Å². The lowest BCUT2D eigenvalue weighted by Crippen LogP contribution is -2.40. The van der Waals surface area contributed by atoms with Crippen LogP contribution >= 0.6 is 0 Å². The Morgan fingerprint density at radius 1 is 1.24 bits per heavy atom. The van der Waals surface area contributed by atoms with Crippen LogP contribution in [0.4, 0.5) is 0 Å². The first-order chi connectivity index (χ1) is 10.2. The maximum atomic E-state index is 12.3. The summed E-state index contributed by atoms with van der Waals surface area (Å²) >= 11 is 0. The molecule has 0 bridgehead atoms. The van der Waals surface area contributed by atoms with E-state index in [1.807, 2.05) is 36.1 Å². The van der Waals surface area contributed by atoms with Crippen LogP contribution in [0.15, 0.2) is 24.3 Å². The number of ether oxygens (including phenoxy) is 2. The maximum absolute atomic E-state index is 12.3. The molecule has 0 spiro atoms. The number of benzene rings is 1. The Labute approximate surface area is 127 Å². The van der Waals surface area contributed by atoms with Crippen molar-refractivity contribution >= 4 is 5.91 Å². The van der Waals surface area contributed by atoms with Crippen LogP contribution in [0, 0.1) is 5.92 Å². The summed E-state index contributed by atoms with van der Waals surface area (Å²) in [5.41, 5.74) is 1.04. The average Bonchev–Trinajstić information content (AvgIpc) is 2.50. The fourth-order valence-electron chi connectivity index (χ4n) is 2.74. The molecule has 4 nitrogen and oxygen atoms in total. The molecule has 0 radical (unpaired) electrons. The summed E-state index contributed by atoms with van der Waals surface area (Å²) in [6, 6.07) is 7.80. The third kappa shape index (κ3) is 4.74. The Morgan fingerprint density at radius 3 is 2.48 bits per heavy atom. The predicted molar refractivity (Wildman–Crippen MR) is 82.5 cm³/mol. The highest BCUT2D eigenvalue weighted by atomic mass is 16.5. The molecule has 0 unspecified atom stereocenters. The van der Waals surface area contributed by atoms with Gasteiger partial charge in [-0.1, -0.05) is 12.1 Å². The fraction of sp³-hybridized carbons (Fsp3) is 0.588. The second-order valence-electron chi connectivity index (χ2n) is 5.53. The van der Waals surface area contributed by atoms with Gasteiger partial charge in [0.05, 0.1) is 13.0 Å². The number of rotatable bonds is 6. The zero-order chi connectivity index (χ0) is 15.1. The summed E-state index contributed by atoms with van der Waals surface area (Å²) in [6.45, 7) is 5.13. The Morgan fingerprint density at radius 2 is 1.90 bits per heavy atom. The van der Waals surface area contributed by atoms with E-state index in [0.29, 0.717) is 18.9 Å². The van der Waals surface area contributed by atoms with Crippen molar-refractivity contribution in [1.82, 2.24) is 4.90 Å². The number of methoxy groups -OCH3 is 1. The van der Waals surface area contributed by atoms with Crippen LogP contribution < -0.4 is 4.74 Å². The van der Waals surface area contributed by atoms with E-state index < -0.39 is 0 Å². The van der Waals surface area contributed by atoms with Gasteiger partial charge in [0.15, 0.2) is 0 Å². The number of nitrogens with zero attached hydrogens (tertiary/aromatic N) is 1. The van der Waals surface area contributed by atoms with Gasteiger partial charge in [-0.05, 0) is 43.4 Å². The van der Waals surface area contributed by atoms with Gasteiger partial charge in [-0.15, -0.1) is 0 Å². The number of hydrogen-bond donors (Lipinski definition) is 0. The SMILES string of the molecule is CCOc1ccc(CC(=O)N2CCC(COC)CC2)cc1. The van der Waals surface area contributed by atoms with Crippen molar-refractivity contribution in [2.45, 2.75) is 26.2 Å². The molecule has 1 heterocycles. The molecule has 21 heavy (non-hydrogen) atoms. The molecule has 1 aliphatic rings. The maximum Gasteiger partial charge on any atom is 0.226 e. The Balaban J connectivity index is 1.81. The van der Waals surface area contributed by atoms with Crippen molar-refractivity contribution in [2.75, 3.05) is 33.4 Å². The number of piperidine rings is 1. The first kappa shape index (κ1) is 15.8. The Bertz CT molecular complexity index is 436. The monoisotopic (exact) mass is 291 g/mol. The van der Waals surface area contributed by atoms with Crippen molar-refractivity contribution in [3.05, 3.63) is 29.8 Å². The second-order valence-corrected chi connectivity index (χ2v) is 5.53. The van der Waals surface area contributed by atoms with Crippen molar-refractivity contribution in [1.29, 1.82) is 0 Å². The van der Waals surface area contributed by atoms with Crippen LogP contribution in [0.2, 0.25) is 0 Å². The highest BCUT2D eigenvalue weighted by Crippen LogP contribution is 2.19. The minimum Gasteiger partial charge on any atom is -0.494 e. The molecule has 0 atom stereocenters. The lowest BCUT2D eigenvalue weighted by Gasteiger charge is -2.31. The molecule has 2 rings (SSSR count). The fourth-order valence-corrected chi connectivity index (χ4v) is 2.74. The summed E-state index contributed by atoms with van der Waals surface area (Å²) in [5.74, 6) is 1.67. The molecule has 1 aromatic carbocycles. The summed E-state index contributed by atoms with van der Waals surface area (Å²) < 4.78 is 10.6. The molecule has 0 aromatic heterocycles. The molecule has 0 N–H and O–H groups in total. The summed E-state index contributed by atoms with van der Waals surface area (Å²) in [6.07, 6.45) is 2.56. The first-order valence-electron chi connectivity index (χ1n) is 7.71. The largest absolute Gasteiger partial charge is 0.494 e. The van der Waals surface area contributed by atoms with Gasteiger partial charge in [-0.2, -0.15) is 0 Å². The van der Waals surface area contributed by atoms with Gasteiger partial charge in [-0.25, -0.2) is 0 Å². The van der Waals surface area contributed by atoms with Crippen LogP contribution in [-0.2, 0) is 16.0 Å². The molecular weight excluding hydrogens is 266 g/mol. The summed E-state index contributed by atoms with van der Waals surface area (Å²) in [4.78, 5) is 14.3. The summed E-state index contributed by atoms with van der Waals surface area (Å²) in [5, 5.41) is 0. The van der Waals surface area contributed by atoms with E-state index in [0.717, 1.165) is 43.9 Å². The number of carbonyl (C=O) groups is 1. The zero-order valence-electron chi connectivity index (χ0n) is 13.0. The van der Waals surface area contributed by atoms with E-state index in [1.165, 1.54) is 0 Å². The van der Waals surface area contributed by atoms with Crippen LogP contribution in [0.3, 0.4) is 0 Å². The molecule has 1 amide bonds. The molecule has 0 saturated carbocycles. The molecule has 0 aliphatic carbocycles. The first-order valence-corrected chi connectivity index (χ1v) is 7.71. The van der Waals surface area contributed by atoms with Crippen molar-refractivity contribution in [3.8, 4) is 5.75 Å². The van der Waals surface area contributed by atoms with E-state index in [9.17, 15) is 4.79 Å². The van der Waals surface area contributed by atoms with E-state index in [1.54, 1.807) is 7.11 Å². The van der Waals surface area contributed by atoms with Gasteiger partial charge in [0.2, 0.25) is 5.91 Å². The standard InChI is InChI=1S/C17H25NO3/c1-3-21-16-6-4-14(5-7-16)12-17(19)18-10-8-15(9-11-18)13-20-2/h4-7,15H,3,8-13H2,1-2H3. The molecular formula is C17H25NO3. The molecule has 4 heteroatoms. The third-order valence-electron chi connectivity index (χ3n) is 3.96. The van der Waals surface area contributed by atoms with Crippen LogP contribution in [0.5, 0.6) is 5.75 Å². The number of likely N-dealkylation sites (tertiary alicyclic amines) is 1. The van der Waals surface area contributed by atoms with Gasteiger partial charge in [-0.3, -0.25) is 4.79 Å². The van der Waals surface area contributed by atoms with Crippen molar-refractivity contribution in [2.24, 2.45) is 5.92 Å². The van der Waals surface area contributed by atoms with Gasteiger partial charge in [0, 0.05) is 26.8 Å². The molecule has 1 fully saturated rings. The van der Waals surface area contributed by atoms with Gasteiger partial charge in [0.1, 0.15) is 5.75 Å². The Hall–Kier alpha value is -1.55. The smallest absolute Gasteiger partial charge is 0.226 e. The highest BCUT2D eigenvalue weighted by Gasteiger charge is 2.22. The average molecular weight is 291 g/mol. The quantitative estimate of drug-likeness (QED) is 0.808. The minimum absolute atomic E-state index is 0.218. The summed E-state index contributed by atoms with van der Waals surface area (Å²) in [7, 11) is 1.74. The van der Waals surface area contributed by atoms with Gasteiger partial charge in [0.25, 0.3) is 0 Å². The Kier molecular flexibility index (Phi) is 6.05. The van der Waals surface area contributed by atoms with E-state index >= 15 is 0 Å². The van der Waals surface area contributed by atoms with E-state index in [-0.39, 0.29) is 5.91 Å². The molecule has 1 aromatic rings. The topological polar surface area (TPSA) is 38.8 Å². The van der Waals surface area contributed by atoms with E-state index in [4.69, 9.17) is 9.47 Å². The van der Waals surface area contributed by atoms with Gasteiger partial charge >= 0.3 is 0 Å². The van der Waals surface area contributed by atoms with Crippen LogP contribution in [0.25, 0.3) is 0 Å². The normalized spacial score (nSPS) is 16.0. The lowest BCUT2D eigenvalue weighted by molar-refractivity contribution is -0.132. The molecule has 116 valence electrons. The van der Waals surface area contributed by atoms with Gasteiger partial charge < -0.3 is 14.4 Å². The number of hydrogen-bond acceptors (Lipinski definition) is 3. The third-order valence-corrected chi connectivity index (χ3v) is 3.96. The zero-order valence-corrected chi connectivity index (χ0v) is 13.0. The molecule has 1 aliphatic heterocycles. The predicted octanol–water partition coefficient (Wildman–Crippen LogP) is 2.51. The highest BCUT2D eigenvalue weighted by molar-refractivity contribution is 5.78. The lowest BCUT2D eigenvalue weighted by atomic mass is 9.97. The minimum atomic E-state index is 0.218. The van der Waals surface area contributed by atoms with Crippen molar-refractivity contribution in [3.63, 3.8) is 0 Å².